The molecular formula is C23H25Cl2F3N4O5S. The number of carboxylic acid groups (broad SMARTS) is 1. The van der Waals surface area contributed by atoms with E-state index in [2.05, 4.69) is 0 Å². The van der Waals surface area contributed by atoms with Gasteiger partial charge >= 0.3 is 12.3 Å². The second-order valence-electron chi connectivity index (χ2n) is 8.60. The molecular weight excluding hydrogens is 572 g/mol. The highest BCUT2D eigenvalue weighted by Crippen LogP contribution is 2.41. The number of nitrogens with zero attached hydrogens (tertiary/aromatic N) is 3. The molecule has 208 valence electrons. The lowest BCUT2D eigenvalue weighted by molar-refractivity contribution is -0.138. The van der Waals surface area contributed by atoms with Crippen LogP contribution in [0.3, 0.4) is 0 Å². The molecule has 0 spiro atoms. The molecule has 0 radical (unpaired) electrons. The Morgan fingerprint density at radius 1 is 1.13 bits per heavy atom. The third kappa shape index (κ3) is 6.11. The van der Waals surface area contributed by atoms with Crippen LogP contribution in [-0.4, -0.2) is 74.3 Å². The first kappa shape index (κ1) is 29.8. The van der Waals surface area contributed by atoms with Crippen molar-refractivity contribution in [2.45, 2.75) is 24.5 Å². The van der Waals surface area contributed by atoms with Crippen LogP contribution in [0.2, 0.25) is 10.0 Å². The van der Waals surface area contributed by atoms with Crippen molar-refractivity contribution in [1.29, 1.82) is 0 Å². The summed E-state index contributed by atoms with van der Waals surface area (Å²) in [6.07, 6.45) is -6.03. The van der Waals surface area contributed by atoms with Crippen molar-refractivity contribution in [2.24, 2.45) is 0 Å². The first-order chi connectivity index (χ1) is 17.6. The standard InChI is InChI=1S/C23H25Cl2F3N4O5S/c1-3-38(36,37)18-5-4-13(24)10-17(18)30(2)21(33)14-11-16(23(26,27)28)15(19(25)20(14)29)12-31-6-8-32(9-7-31)22(34)35/h4-5,10-11H,3,6-9,12,29H2,1-2H3,(H,34,35). The van der Waals surface area contributed by atoms with E-state index in [1.54, 1.807) is 4.90 Å². The number of nitrogens with two attached hydrogens (primary N) is 1. The molecule has 0 aliphatic carbocycles. The molecule has 0 saturated carbocycles. The smallest absolute Gasteiger partial charge is 0.416 e. The van der Waals surface area contributed by atoms with E-state index in [1.165, 1.54) is 32.2 Å². The largest absolute Gasteiger partial charge is 0.465 e. The average molecular weight is 597 g/mol. The Balaban J connectivity index is 2.05. The van der Waals surface area contributed by atoms with Gasteiger partial charge in [-0.05, 0) is 29.8 Å². The van der Waals surface area contributed by atoms with E-state index in [1.807, 2.05) is 0 Å². The molecule has 0 atom stereocenters. The van der Waals surface area contributed by atoms with Crippen molar-refractivity contribution >= 4 is 56.4 Å². The van der Waals surface area contributed by atoms with E-state index in [0.717, 1.165) is 9.80 Å². The van der Waals surface area contributed by atoms with Crippen LogP contribution in [0.15, 0.2) is 29.2 Å². The summed E-state index contributed by atoms with van der Waals surface area (Å²) >= 11 is 12.3. The minimum Gasteiger partial charge on any atom is -0.465 e. The van der Waals surface area contributed by atoms with Crippen LogP contribution in [0.4, 0.5) is 29.3 Å². The molecule has 0 unspecified atom stereocenters. The van der Waals surface area contributed by atoms with Gasteiger partial charge in [-0.25, -0.2) is 13.2 Å². The molecule has 1 aliphatic rings. The zero-order chi connectivity index (χ0) is 28.6. The van der Waals surface area contributed by atoms with Crippen molar-refractivity contribution in [3.8, 4) is 0 Å². The van der Waals surface area contributed by atoms with Crippen molar-refractivity contribution in [1.82, 2.24) is 9.80 Å². The van der Waals surface area contributed by atoms with Gasteiger partial charge in [-0.3, -0.25) is 9.69 Å². The number of hydrogen-bond donors (Lipinski definition) is 2. The summed E-state index contributed by atoms with van der Waals surface area (Å²) in [6, 6.07) is 4.35. The molecule has 1 aliphatic heterocycles. The van der Waals surface area contributed by atoms with Crippen LogP contribution >= 0.6 is 23.2 Å². The maximum atomic E-state index is 14.1. The number of benzene rings is 2. The number of amides is 2. The molecule has 1 saturated heterocycles. The Bertz CT molecular complexity index is 1360. The number of carbonyl (C=O) groups excluding carboxylic acids is 1. The van der Waals surface area contributed by atoms with Gasteiger partial charge in [0.05, 0.1) is 38.2 Å². The maximum Gasteiger partial charge on any atom is 0.416 e. The van der Waals surface area contributed by atoms with Gasteiger partial charge in [0.25, 0.3) is 5.91 Å². The topological polar surface area (TPSA) is 124 Å². The van der Waals surface area contributed by atoms with E-state index >= 15 is 0 Å². The molecule has 0 bridgehead atoms. The Morgan fingerprint density at radius 3 is 2.26 bits per heavy atom. The van der Waals surface area contributed by atoms with Crippen LogP contribution in [0.1, 0.15) is 28.4 Å². The molecule has 3 rings (SSSR count). The maximum absolute atomic E-state index is 14.1. The second kappa shape index (κ2) is 11.2. The quantitative estimate of drug-likeness (QED) is 0.472. The molecule has 2 amide bonds. The van der Waals surface area contributed by atoms with E-state index in [0.29, 0.717) is 6.07 Å². The normalized spacial score (nSPS) is 15.0. The van der Waals surface area contributed by atoms with Gasteiger partial charge in [0, 0.05) is 44.8 Å². The molecule has 9 nitrogen and oxygen atoms in total. The zero-order valence-corrected chi connectivity index (χ0v) is 22.7. The van der Waals surface area contributed by atoms with Crippen LogP contribution < -0.4 is 10.6 Å². The van der Waals surface area contributed by atoms with Gasteiger partial charge in [0.1, 0.15) is 0 Å². The number of anilines is 2. The Labute approximate surface area is 227 Å². The average Bonchev–Trinajstić information content (AvgIpc) is 2.85. The van der Waals surface area contributed by atoms with Gasteiger partial charge < -0.3 is 20.6 Å². The highest BCUT2D eigenvalue weighted by Gasteiger charge is 2.38. The third-order valence-corrected chi connectivity index (χ3v) is 8.71. The van der Waals surface area contributed by atoms with Crippen molar-refractivity contribution in [2.75, 3.05) is 49.6 Å². The molecule has 3 N–H and O–H groups in total. The number of alkyl halides is 3. The first-order valence-corrected chi connectivity index (χ1v) is 13.7. The number of piperazine rings is 1. The second-order valence-corrected chi connectivity index (χ2v) is 11.7. The van der Waals surface area contributed by atoms with Gasteiger partial charge in [0.2, 0.25) is 0 Å². The molecule has 38 heavy (non-hydrogen) atoms. The number of halogens is 5. The fourth-order valence-electron chi connectivity index (χ4n) is 4.07. The predicted octanol–water partition coefficient (Wildman–Crippen LogP) is 4.46. The van der Waals surface area contributed by atoms with Crippen LogP contribution in [0, 0.1) is 0 Å². The fraction of sp³-hybridized carbons (Fsp3) is 0.391. The highest BCUT2D eigenvalue weighted by molar-refractivity contribution is 7.91. The fourth-order valence-corrected chi connectivity index (χ4v) is 5.61. The number of nitrogen functional groups attached to an aromatic ring is 1. The summed E-state index contributed by atoms with van der Waals surface area (Å²) in [5.74, 6) is -1.31. The third-order valence-electron chi connectivity index (χ3n) is 6.27. The van der Waals surface area contributed by atoms with Gasteiger partial charge in [0.15, 0.2) is 9.84 Å². The van der Waals surface area contributed by atoms with E-state index < -0.39 is 49.9 Å². The minimum atomic E-state index is -4.91. The van der Waals surface area contributed by atoms with E-state index in [4.69, 9.17) is 34.0 Å². The van der Waals surface area contributed by atoms with E-state index in [-0.39, 0.29) is 59.6 Å². The predicted molar refractivity (Wildman–Crippen MR) is 138 cm³/mol. The number of rotatable bonds is 6. The molecule has 1 fully saturated rings. The van der Waals surface area contributed by atoms with Crippen molar-refractivity contribution in [3.05, 3.63) is 51.0 Å². The SMILES string of the molecule is CCS(=O)(=O)c1ccc(Cl)cc1N(C)C(=O)c1cc(C(F)(F)F)c(CN2CCN(C(=O)O)CC2)c(Cl)c1N. The van der Waals surface area contributed by atoms with E-state index in [9.17, 15) is 31.2 Å². The van der Waals surface area contributed by atoms with Crippen molar-refractivity contribution < 1.29 is 36.3 Å². The summed E-state index contributed by atoms with van der Waals surface area (Å²) in [5, 5.41) is 8.73. The Kier molecular flexibility index (Phi) is 8.76. The van der Waals surface area contributed by atoms with Gasteiger partial charge in [-0.1, -0.05) is 30.1 Å². The molecule has 15 heteroatoms. The summed E-state index contributed by atoms with van der Waals surface area (Å²) in [6.45, 7) is 1.69. The molecule has 1 heterocycles. The number of carbonyl (C=O) groups is 2. The summed E-state index contributed by atoms with van der Waals surface area (Å²) in [7, 11) is -2.63. The van der Waals surface area contributed by atoms with Gasteiger partial charge in [-0.15, -0.1) is 0 Å². The number of hydrogen-bond acceptors (Lipinski definition) is 6. The Hall–Kier alpha value is -2.74. The summed E-state index contributed by atoms with van der Waals surface area (Å²) < 4.78 is 67.6. The first-order valence-electron chi connectivity index (χ1n) is 11.3. The highest BCUT2D eigenvalue weighted by atomic mass is 35.5. The van der Waals surface area contributed by atoms with Gasteiger partial charge in [-0.2, -0.15) is 13.2 Å². The summed E-state index contributed by atoms with van der Waals surface area (Å²) in [5.41, 5.74) is 3.43. The van der Waals surface area contributed by atoms with Crippen LogP contribution in [0.25, 0.3) is 0 Å². The lowest BCUT2D eigenvalue weighted by atomic mass is 9.99. The van der Waals surface area contributed by atoms with Crippen LogP contribution in [-0.2, 0) is 22.6 Å². The van der Waals surface area contributed by atoms with Crippen molar-refractivity contribution in [3.63, 3.8) is 0 Å². The zero-order valence-electron chi connectivity index (χ0n) is 20.3. The molecule has 2 aromatic carbocycles. The monoisotopic (exact) mass is 596 g/mol. The lowest BCUT2D eigenvalue weighted by Crippen LogP contribution is -2.48. The minimum absolute atomic E-state index is 0.105. The summed E-state index contributed by atoms with van der Waals surface area (Å²) in [4.78, 5) is 27.9. The lowest BCUT2D eigenvalue weighted by Gasteiger charge is -2.34. The Morgan fingerprint density at radius 2 is 1.74 bits per heavy atom. The van der Waals surface area contributed by atoms with Crippen LogP contribution in [0.5, 0.6) is 0 Å². The molecule has 0 aromatic heterocycles. The number of sulfone groups is 1. The molecule has 2 aromatic rings.